The number of hydrogen-bond acceptors (Lipinski definition) is 4. The van der Waals surface area contributed by atoms with Crippen molar-refractivity contribution >= 4 is 16.8 Å². The molecule has 33 heavy (non-hydrogen) atoms. The zero-order valence-corrected chi connectivity index (χ0v) is 19.2. The summed E-state index contributed by atoms with van der Waals surface area (Å²) in [6.45, 7) is 6.21. The number of para-hydroxylation sites is 1. The number of amides is 1. The largest absolute Gasteiger partial charge is 0.339 e. The van der Waals surface area contributed by atoms with Crippen molar-refractivity contribution in [2.45, 2.75) is 38.3 Å². The lowest BCUT2D eigenvalue weighted by Crippen LogP contribution is -2.55. The van der Waals surface area contributed by atoms with Crippen LogP contribution < -0.4 is 0 Å². The highest BCUT2D eigenvalue weighted by atomic mass is 16.2. The lowest BCUT2D eigenvalue weighted by Gasteiger charge is -2.43. The van der Waals surface area contributed by atoms with Crippen LogP contribution in [0, 0.1) is 0 Å². The van der Waals surface area contributed by atoms with Gasteiger partial charge in [0.25, 0.3) is 0 Å². The molecule has 1 aromatic heterocycles. The Hall–Kier alpha value is -2.76. The molecular weight excluding hydrogens is 408 g/mol. The van der Waals surface area contributed by atoms with Gasteiger partial charge in [-0.15, -0.1) is 0 Å². The lowest BCUT2D eigenvalue weighted by molar-refractivity contribution is -0.135. The summed E-state index contributed by atoms with van der Waals surface area (Å²) in [5.41, 5.74) is 5.96. The molecule has 170 valence electrons. The highest BCUT2D eigenvalue weighted by Crippen LogP contribution is 2.28. The van der Waals surface area contributed by atoms with Crippen molar-refractivity contribution in [2.24, 2.45) is 0 Å². The maximum Gasteiger partial charge on any atom is 0.236 e. The minimum absolute atomic E-state index is 0.295. The van der Waals surface area contributed by atoms with E-state index in [1.54, 1.807) is 0 Å². The number of piperazine rings is 1. The molecule has 0 spiro atoms. The Balaban J connectivity index is 1.08. The van der Waals surface area contributed by atoms with Gasteiger partial charge in [0.2, 0.25) is 5.91 Å². The monoisotopic (exact) mass is 440 g/mol. The van der Waals surface area contributed by atoms with E-state index in [1.807, 2.05) is 12.1 Å². The number of fused-ring (bicyclic) bond motifs is 2. The molecule has 1 saturated carbocycles. The Morgan fingerprint density at radius 1 is 0.909 bits per heavy atom. The number of aromatic nitrogens is 1. The summed E-state index contributed by atoms with van der Waals surface area (Å²) < 4.78 is 0. The Labute approximate surface area is 196 Å². The Kier molecular flexibility index (Phi) is 5.60. The molecule has 3 heterocycles. The summed E-state index contributed by atoms with van der Waals surface area (Å²) in [6, 6.07) is 20.0. The molecule has 2 fully saturated rings. The van der Waals surface area contributed by atoms with Crippen LogP contribution in [-0.2, 0) is 17.8 Å². The van der Waals surface area contributed by atoms with Gasteiger partial charge >= 0.3 is 0 Å². The van der Waals surface area contributed by atoms with Crippen LogP contribution in [0.15, 0.2) is 54.6 Å². The van der Waals surface area contributed by atoms with E-state index in [1.165, 1.54) is 41.3 Å². The smallest absolute Gasteiger partial charge is 0.236 e. The first-order valence-corrected chi connectivity index (χ1v) is 12.4. The molecule has 0 bridgehead atoms. The molecule has 3 aromatic rings. The summed E-state index contributed by atoms with van der Waals surface area (Å²) >= 11 is 0. The van der Waals surface area contributed by atoms with Crippen molar-refractivity contribution in [3.05, 3.63) is 65.7 Å². The van der Waals surface area contributed by atoms with Gasteiger partial charge in [-0.25, -0.2) is 4.98 Å². The van der Waals surface area contributed by atoms with Gasteiger partial charge in [0.1, 0.15) is 0 Å². The van der Waals surface area contributed by atoms with Crippen molar-refractivity contribution in [3.63, 3.8) is 0 Å². The first kappa shape index (κ1) is 20.8. The number of benzene rings is 2. The van der Waals surface area contributed by atoms with Gasteiger partial charge in [0.15, 0.2) is 0 Å². The molecule has 5 heteroatoms. The quantitative estimate of drug-likeness (QED) is 0.616. The Bertz CT molecular complexity index is 1160. The molecule has 1 saturated heterocycles. The minimum Gasteiger partial charge on any atom is -0.339 e. The zero-order chi connectivity index (χ0) is 22.2. The number of carbonyl (C=O) groups excluding carboxylic acids is 1. The molecule has 0 atom stereocenters. The lowest BCUT2D eigenvalue weighted by atomic mass is 9.91. The van der Waals surface area contributed by atoms with Crippen molar-refractivity contribution in [1.82, 2.24) is 19.7 Å². The zero-order valence-electron chi connectivity index (χ0n) is 19.2. The number of nitrogens with zero attached hydrogens (tertiary/aromatic N) is 4. The molecule has 3 aliphatic rings. The van der Waals surface area contributed by atoms with Crippen LogP contribution in [0.5, 0.6) is 0 Å². The second kappa shape index (κ2) is 8.88. The fourth-order valence-corrected chi connectivity index (χ4v) is 5.51. The molecule has 6 rings (SSSR count). The van der Waals surface area contributed by atoms with Crippen molar-refractivity contribution in [2.75, 3.05) is 39.3 Å². The van der Waals surface area contributed by atoms with E-state index in [0.717, 1.165) is 62.9 Å². The molecule has 1 amide bonds. The van der Waals surface area contributed by atoms with Crippen LogP contribution in [0.25, 0.3) is 22.2 Å². The molecule has 2 aliphatic heterocycles. The molecule has 0 N–H and O–H groups in total. The topological polar surface area (TPSA) is 39.7 Å². The van der Waals surface area contributed by atoms with E-state index in [0.29, 0.717) is 12.5 Å². The SMILES string of the molecule is O=C(CN1CCc2cc(-c3ccc4ccccc4n3)ccc2C1)N1CCN(C2CCC2)CC1. The number of carbonyl (C=O) groups is 1. The van der Waals surface area contributed by atoms with E-state index >= 15 is 0 Å². The Morgan fingerprint density at radius 2 is 1.76 bits per heavy atom. The highest BCUT2D eigenvalue weighted by Gasteiger charge is 2.30. The van der Waals surface area contributed by atoms with Crippen molar-refractivity contribution in [1.29, 1.82) is 0 Å². The van der Waals surface area contributed by atoms with E-state index in [-0.39, 0.29) is 0 Å². The summed E-state index contributed by atoms with van der Waals surface area (Å²) in [7, 11) is 0. The second-order valence-corrected chi connectivity index (χ2v) is 9.83. The molecule has 1 aliphatic carbocycles. The number of pyridine rings is 1. The molecule has 0 unspecified atom stereocenters. The van der Waals surface area contributed by atoms with Crippen LogP contribution in [-0.4, -0.2) is 70.9 Å². The van der Waals surface area contributed by atoms with Crippen LogP contribution in [0.4, 0.5) is 0 Å². The summed E-state index contributed by atoms with van der Waals surface area (Å²) in [5, 5.41) is 1.17. The van der Waals surface area contributed by atoms with Crippen LogP contribution in [0.1, 0.15) is 30.4 Å². The standard InChI is InChI=1S/C28H32N4O/c33-28(32-16-14-31(15-17-32)25-5-3-6-25)20-30-13-12-22-18-23(8-9-24(22)19-30)27-11-10-21-4-1-2-7-26(21)29-27/h1-2,4,7-11,18,25H,3,5-6,12-17,19-20H2. The van der Waals surface area contributed by atoms with Crippen molar-refractivity contribution in [3.8, 4) is 11.3 Å². The van der Waals surface area contributed by atoms with E-state index in [9.17, 15) is 4.79 Å². The molecule has 5 nitrogen and oxygen atoms in total. The predicted octanol–water partition coefficient (Wildman–Crippen LogP) is 3.96. The van der Waals surface area contributed by atoms with Gasteiger partial charge in [-0.3, -0.25) is 14.6 Å². The van der Waals surface area contributed by atoms with Gasteiger partial charge in [-0.05, 0) is 48.6 Å². The van der Waals surface area contributed by atoms with E-state index < -0.39 is 0 Å². The highest BCUT2D eigenvalue weighted by molar-refractivity contribution is 5.81. The van der Waals surface area contributed by atoms with Gasteiger partial charge < -0.3 is 4.90 Å². The fraction of sp³-hybridized carbons (Fsp3) is 0.429. The van der Waals surface area contributed by atoms with Crippen molar-refractivity contribution < 1.29 is 4.79 Å². The van der Waals surface area contributed by atoms with Crippen LogP contribution in [0.3, 0.4) is 0 Å². The number of hydrogen-bond donors (Lipinski definition) is 0. The average Bonchev–Trinajstić information content (AvgIpc) is 2.83. The third-order valence-electron chi connectivity index (χ3n) is 7.81. The van der Waals surface area contributed by atoms with E-state index in [4.69, 9.17) is 4.98 Å². The van der Waals surface area contributed by atoms with Crippen LogP contribution in [0.2, 0.25) is 0 Å². The fourth-order valence-electron chi connectivity index (χ4n) is 5.51. The van der Waals surface area contributed by atoms with Gasteiger partial charge in [0.05, 0.1) is 17.8 Å². The summed E-state index contributed by atoms with van der Waals surface area (Å²) in [5.74, 6) is 0.295. The second-order valence-electron chi connectivity index (χ2n) is 9.83. The first-order chi connectivity index (χ1) is 16.2. The third kappa shape index (κ3) is 4.28. The molecule has 2 aromatic carbocycles. The van der Waals surface area contributed by atoms with Gasteiger partial charge in [-0.1, -0.05) is 42.8 Å². The van der Waals surface area contributed by atoms with Crippen LogP contribution >= 0.6 is 0 Å². The molecular formula is C28H32N4O. The molecule has 0 radical (unpaired) electrons. The predicted molar refractivity (Wildman–Crippen MR) is 132 cm³/mol. The first-order valence-electron chi connectivity index (χ1n) is 12.4. The number of rotatable bonds is 4. The average molecular weight is 441 g/mol. The maximum absolute atomic E-state index is 12.9. The van der Waals surface area contributed by atoms with Gasteiger partial charge in [-0.2, -0.15) is 0 Å². The summed E-state index contributed by atoms with van der Waals surface area (Å²) in [6.07, 6.45) is 5.06. The van der Waals surface area contributed by atoms with E-state index in [2.05, 4.69) is 57.2 Å². The normalized spacial score (nSPS) is 19.9. The Morgan fingerprint density at radius 3 is 2.58 bits per heavy atom. The minimum atomic E-state index is 0.295. The summed E-state index contributed by atoms with van der Waals surface area (Å²) in [4.78, 5) is 24.8. The third-order valence-corrected chi connectivity index (χ3v) is 7.81. The maximum atomic E-state index is 12.9. The van der Waals surface area contributed by atoms with Gasteiger partial charge in [0, 0.05) is 56.3 Å².